The van der Waals surface area contributed by atoms with Crippen LogP contribution in [0.5, 0.6) is 0 Å². The van der Waals surface area contributed by atoms with Crippen molar-refractivity contribution in [3.05, 3.63) is 10.8 Å². The van der Waals surface area contributed by atoms with Gasteiger partial charge in [-0.1, -0.05) is 114 Å². The quantitative estimate of drug-likeness (QED) is 0.281. The van der Waals surface area contributed by atoms with Crippen molar-refractivity contribution in [1.29, 1.82) is 0 Å². The van der Waals surface area contributed by atoms with Crippen molar-refractivity contribution in [2.75, 3.05) is 0 Å². The van der Waals surface area contributed by atoms with Crippen molar-refractivity contribution in [2.24, 2.45) is 21.7 Å². The number of halogens is 3. The van der Waals surface area contributed by atoms with Gasteiger partial charge < -0.3 is 0 Å². The van der Waals surface area contributed by atoms with Crippen LogP contribution in [0.3, 0.4) is 0 Å². The van der Waals surface area contributed by atoms with Gasteiger partial charge >= 0.3 is 0 Å². The van der Waals surface area contributed by atoms with E-state index in [9.17, 15) is 0 Å². The van der Waals surface area contributed by atoms with Crippen molar-refractivity contribution in [1.82, 2.24) is 0 Å². The molecule has 0 bridgehead atoms. The summed E-state index contributed by atoms with van der Waals surface area (Å²) in [4.78, 5) is 0. The van der Waals surface area contributed by atoms with Gasteiger partial charge in [0.25, 0.3) is 3.93 Å². The molecule has 112 valence electrons. The van der Waals surface area contributed by atoms with Gasteiger partial charge in [-0.2, -0.15) is 0 Å². The van der Waals surface area contributed by atoms with Crippen LogP contribution in [0.2, 0.25) is 0 Å². The Balaban J connectivity index is 3.58. The standard InChI is InChI=1S/C15H27Br3Si/c1-12(2,3)10-11(19(16,17)18)15(10,13(4,5)6)14(7,8)9/h1-9H3. The van der Waals surface area contributed by atoms with Crippen LogP contribution < -0.4 is 0 Å². The third-order valence-electron chi connectivity index (χ3n) is 4.22. The van der Waals surface area contributed by atoms with Crippen LogP contribution in [0.25, 0.3) is 0 Å². The maximum atomic E-state index is 3.91. The number of hydrogen-bond acceptors (Lipinski definition) is 0. The average molecular weight is 475 g/mol. The van der Waals surface area contributed by atoms with E-state index in [2.05, 4.69) is 108 Å². The second kappa shape index (κ2) is 4.69. The van der Waals surface area contributed by atoms with Crippen molar-refractivity contribution >= 4 is 49.8 Å². The molecule has 4 heteroatoms. The Morgan fingerprint density at radius 2 is 1.05 bits per heavy atom. The lowest BCUT2D eigenvalue weighted by atomic mass is 9.58. The molecule has 0 heterocycles. The molecule has 0 saturated carbocycles. The van der Waals surface area contributed by atoms with E-state index >= 15 is 0 Å². The van der Waals surface area contributed by atoms with E-state index in [0.29, 0.717) is 0 Å². The zero-order valence-electron chi connectivity index (χ0n) is 13.6. The van der Waals surface area contributed by atoms with Crippen LogP contribution in [0, 0.1) is 21.7 Å². The van der Waals surface area contributed by atoms with Crippen molar-refractivity contribution < 1.29 is 0 Å². The third kappa shape index (κ3) is 2.85. The Bertz CT molecular complexity index is 369. The van der Waals surface area contributed by atoms with Crippen LogP contribution in [0.4, 0.5) is 0 Å². The molecule has 1 rings (SSSR count). The highest BCUT2D eigenvalue weighted by Gasteiger charge is 2.71. The van der Waals surface area contributed by atoms with Gasteiger partial charge in [0.1, 0.15) is 0 Å². The topological polar surface area (TPSA) is 0 Å². The minimum absolute atomic E-state index is 0.182. The molecule has 0 N–H and O–H groups in total. The highest BCUT2D eigenvalue weighted by Crippen LogP contribution is 2.78. The van der Waals surface area contributed by atoms with Crippen LogP contribution in [0.15, 0.2) is 10.8 Å². The summed E-state index contributed by atoms with van der Waals surface area (Å²) in [7, 11) is 0. The largest absolute Gasteiger partial charge is 0.294 e. The van der Waals surface area contributed by atoms with Gasteiger partial charge in [-0.05, 0) is 21.4 Å². The first kappa shape index (κ1) is 18.4. The number of allylic oxidation sites excluding steroid dienone is 2. The minimum atomic E-state index is -1.83. The number of hydrogen-bond donors (Lipinski definition) is 0. The van der Waals surface area contributed by atoms with Crippen LogP contribution in [-0.4, -0.2) is 3.93 Å². The molecular weight excluding hydrogens is 448 g/mol. The van der Waals surface area contributed by atoms with Gasteiger partial charge in [0.2, 0.25) is 0 Å². The molecule has 19 heavy (non-hydrogen) atoms. The Morgan fingerprint density at radius 3 is 1.11 bits per heavy atom. The normalized spacial score (nSPS) is 20.8. The van der Waals surface area contributed by atoms with Crippen molar-refractivity contribution in [2.45, 2.75) is 62.3 Å². The fourth-order valence-electron chi connectivity index (χ4n) is 4.20. The molecular formula is C15H27Br3Si. The van der Waals surface area contributed by atoms with Gasteiger partial charge in [-0.15, -0.1) is 0 Å². The summed E-state index contributed by atoms with van der Waals surface area (Å²) in [6.07, 6.45) is 0. The first-order valence-electron chi connectivity index (χ1n) is 6.82. The first-order valence-corrected chi connectivity index (χ1v) is 15.6. The Kier molecular flexibility index (Phi) is 4.56. The lowest BCUT2D eigenvalue weighted by molar-refractivity contribution is 0.0800. The van der Waals surface area contributed by atoms with E-state index in [1.807, 2.05) is 0 Å². The molecule has 0 aromatic carbocycles. The lowest BCUT2D eigenvalue weighted by Gasteiger charge is -2.47. The Labute approximate surface area is 143 Å². The summed E-state index contributed by atoms with van der Waals surface area (Å²) >= 11 is 11.7. The second-order valence-corrected chi connectivity index (χ2v) is 30.5. The molecule has 0 atom stereocenters. The molecule has 0 fully saturated rings. The van der Waals surface area contributed by atoms with Gasteiger partial charge in [0, 0.05) is 5.41 Å². The monoisotopic (exact) mass is 472 g/mol. The summed E-state index contributed by atoms with van der Waals surface area (Å²) in [5.41, 5.74) is 2.47. The molecule has 1 aliphatic carbocycles. The molecule has 1 aliphatic rings. The van der Waals surface area contributed by atoms with E-state index < -0.39 is 3.93 Å². The highest BCUT2D eigenvalue weighted by atomic mass is 80.0. The fourth-order valence-corrected chi connectivity index (χ4v) is 10.7. The summed E-state index contributed by atoms with van der Waals surface area (Å²) in [5, 5.41) is 1.60. The van der Waals surface area contributed by atoms with Crippen LogP contribution >= 0.6 is 45.9 Å². The summed E-state index contributed by atoms with van der Waals surface area (Å²) < 4.78 is -1.83. The molecule has 0 aliphatic heterocycles. The molecule has 0 amide bonds. The maximum absolute atomic E-state index is 3.91. The second-order valence-electron chi connectivity index (χ2n) is 8.75. The first-order chi connectivity index (χ1) is 7.99. The predicted molar refractivity (Wildman–Crippen MR) is 100 cm³/mol. The van der Waals surface area contributed by atoms with E-state index in [1.54, 1.807) is 10.8 Å². The minimum Gasteiger partial charge on any atom is -0.0913 e. The molecule has 0 aromatic rings. The zero-order valence-corrected chi connectivity index (χ0v) is 19.4. The molecule has 0 spiro atoms. The van der Waals surface area contributed by atoms with E-state index in [-0.39, 0.29) is 21.7 Å². The van der Waals surface area contributed by atoms with E-state index in [1.165, 1.54) is 0 Å². The van der Waals surface area contributed by atoms with Crippen LogP contribution in [-0.2, 0) is 0 Å². The van der Waals surface area contributed by atoms with Gasteiger partial charge in [-0.25, -0.2) is 0 Å². The average Bonchev–Trinajstić information content (AvgIpc) is 2.66. The summed E-state index contributed by atoms with van der Waals surface area (Å²) in [6, 6.07) is 0. The van der Waals surface area contributed by atoms with Crippen LogP contribution in [0.1, 0.15) is 62.3 Å². The summed E-state index contributed by atoms with van der Waals surface area (Å²) in [6.45, 7) is 21.3. The molecule has 0 aromatic heterocycles. The zero-order chi connectivity index (χ0) is 15.7. The van der Waals surface area contributed by atoms with Gasteiger partial charge in [0.05, 0.1) is 0 Å². The number of rotatable bonds is 1. The predicted octanol–water partition coefficient (Wildman–Crippen LogP) is 7.08. The molecule has 0 unspecified atom stereocenters. The molecule has 0 radical (unpaired) electrons. The van der Waals surface area contributed by atoms with Crippen molar-refractivity contribution in [3.63, 3.8) is 0 Å². The van der Waals surface area contributed by atoms with Gasteiger partial charge in [0.15, 0.2) is 0 Å². The van der Waals surface area contributed by atoms with Gasteiger partial charge in [-0.3, -0.25) is 0 Å². The Hall–Kier alpha value is 1.40. The van der Waals surface area contributed by atoms with E-state index in [0.717, 1.165) is 0 Å². The SMILES string of the molecule is CC(C)(C)C1=C([Si](Br)(Br)Br)C1(C(C)(C)C)C(C)(C)C. The third-order valence-corrected chi connectivity index (χ3v) is 8.98. The van der Waals surface area contributed by atoms with Crippen molar-refractivity contribution in [3.8, 4) is 0 Å². The smallest absolute Gasteiger partial charge is 0.0913 e. The fraction of sp³-hybridized carbons (Fsp3) is 0.867. The molecule has 0 saturated heterocycles. The lowest BCUT2D eigenvalue weighted by Crippen LogP contribution is -2.42. The highest BCUT2D eigenvalue weighted by molar-refractivity contribution is 9.72. The van der Waals surface area contributed by atoms with E-state index in [4.69, 9.17) is 0 Å². The molecule has 0 nitrogen and oxygen atoms in total. The maximum Gasteiger partial charge on any atom is 0.294 e. The Morgan fingerprint density at radius 1 is 0.737 bits per heavy atom. The summed E-state index contributed by atoms with van der Waals surface area (Å²) in [5.74, 6) is 0.